The Kier molecular flexibility index (Phi) is 8.61. The zero-order valence-electron chi connectivity index (χ0n) is 15.4. The van der Waals surface area contributed by atoms with E-state index in [2.05, 4.69) is 43.0 Å². The number of carbonyl (C=O) groups excluding carboxylic acids is 1. The Balaban J connectivity index is 2.23. The molecule has 0 aliphatic heterocycles. The van der Waals surface area contributed by atoms with Crippen LogP contribution in [0.3, 0.4) is 0 Å². The molecule has 2 nitrogen and oxygen atoms in total. The highest BCUT2D eigenvalue weighted by Crippen LogP contribution is 2.36. The Morgan fingerprint density at radius 1 is 0.880 bits per heavy atom. The molecule has 1 amide bonds. The Hall–Kier alpha value is -1.74. The average Bonchev–Trinajstić information content (AvgIpc) is 2.67. The molecule has 3 heteroatoms. The van der Waals surface area contributed by atoms with Crippen LogP contribution in [-0.2, 0) is 4.79 Å². The van der Waals surface area contributed by atoms with E-state index in [1.54, 1.807) is 11.8 Å². The van der Waals surface area contributed by atoms with Gasteiger partial charge in [-0.2, -0.15) is 0 Å². The van der Waals surface area contributed by atoms with Gasteiger partial charge in [0.25, 0.3) is 0 Å². The van der Waals surface area contributed by atoms with Crippen molar-refractivity contribution in [3.8, 4) is 0 Å². The van der Waals surface area contributed by atoms with Crippen molar-refractivity contribution in [3.05, 3.63) is 66.2 Å². The van der Waals surface area contributed by atoms with Gasteiger partial charge in [-0.25, -0.2) is 0 Å². The molecule has 25 heavy (non-hydrogen) atoms. The molecule has 2 aromatic carbocycles. The fourth-order valence-corrected chi connectivity index (χ4v) is 3.85. The lowest BCUT2D eigenvalue weighted by Gasteiger charge is -2.27. The van der Waals surface area contributed by atoms with E-state index in [4.69, 9.17) is 0 Å². The van der Waals surface area contributed by atoms with Gasteiger partial charge in [0.1, 0.15) is 5.25 Å². The van der Waals surface area contributed by atoms with Gasteiger partial charge < -0.3 is 4.90 Å². The molecule has 0 aliphatic carbocycles. The topological polar surface area (TPSA) is 20.3 Å². The predicted octanol–water partition coefficient (Wildman–Crippen LogP) is 5.95. The summed E-state index contributed by atoms with van der Waals surface area (Å²) in [6.07, 6.45) is 4.34. The molecule has 0 aliphatic rings. The highest BCUT2D eigenvalue weighted by molar-refractivity contribution is 8.00. The molecule has 1 atom stereocenters. The highest BCUT2D eigenvalue weighted by atomic mass is 32.2. The third-order valence-electron chi connectivity index (χ3n) is 4.20. The van der Waals surface area contributed by atoms with E-state index in [0.29, 0.717) is 0 Å². The van der Waals surface area contributed by atoms with Crippen molar-refractivity contribution >= 4 is 17.7 Å². The minimum absolute atomic E-state index is 0.183. The summed E-state index contributed by atoms with van der Waals surface area (Å²) in [5, 5.41) is -0.183. The Morgan fingerprint density at radius 3 is 1.92 bits per heavy atom. The quantitative estimate of drug-likeness (QED) is 0.491. The van der Waals surface area contributed by atoms with Crippen LogP contribution in [0.1, 0.15) is 50.3 Å². The van der Waals surface area contributed by atoms with Crippen LogP contribution in [0.2, 0.25) is 0 Å². The van der Waals surface area contributed by atoms with E-state index in [0.717, 1.165) is 49.2 Å². The minimum atomic E-state index is -0.183. The summed E-state index contributed by atoms with van der Waals surface area (Å²) in [5.41, 5.74) is 1.08. The molecular formula is C22H29NOS. The normalized spacial score (nSPS) is 11.9. The summed E-state index contributed by atoms with van der Waals surface area (Å²) in [6, 6.07) is 20.4. The molecule has 0 fully saturated rings. The number of hydrogen-bond donors (Lipinski definition) is 0. The van der Waals surface area contributed by atoms with Crippen LogP contribution in [0.15, 0.2) is 65.6 Å². The second-order valence-corrected chi connectivity index (χ2v) is 7.43. The van der Waals surface area contributed by atoms with Crippen molar-refractivity contribution in [1.82, 2.24) is 4.90 Å². The fourth-order valence-electron chi connectivity index (χ4n) is 2.72. The van der Waals surface area contributed by atoms with Crippen molar-refractivity contribution < 1.29 is 4.79 Å². The molecule has 2 aromatic rings. The van der Waals surface area contributed by atoms with Gasteiger partial charge >= 0.3 is 0 Å². The maximum absolute atomic E-state index is 13.4. The molecule has 0 N–H and O–H groups in total. The van der Waals surface area contributed by atoms with Crippen LogP contribution in [0.5, 0.6) is 0 Å². The SMILES string of the molecule is CCCCN(CCCC)C(=O)[C@H](Sc1ccccc1)c1ccccc1. The van der Waals surface area contributed by atoms with Crippen LogP contribution >= 0.6 is 11.8 Å². The van der Waals surface area contributed by atoms with Gasteiger partial charge in [-0.15, -0.1) is 11.8 Å². The van der Waals surface area contributed by atoms with Gasteiger partial charge in [-0.3, -0.25) is 4.79 Å². The lowest BCUT2D eigenvalue weighted by atomic mass is 10.1. The molecule has 0 saturated carbocycles. The Bertz CT molecular complexity index is 606. The maximum Gasteiger partial charge on any atom is 0.240 e. The summed E-state index contributed by atoms with van der Waals surface area (Å²) in [7, 11) is 0. The van der Waals surface area contributed by atoms with Crippen LogP contribution in [0.25, 0.3) is 0 Å². The largest absolute Gasteiger partial charge is 0.341 e. The van der Waals surface area contributed by atoms with Crippen molar-refractivity contribution in [3.63, 3.8) is 0 Å². The molecule has 134 valence electrons. The van der Waals surface area contributed by atoms with E-state index in [1.165, 1.54) is 0 Å². The molecule has 0 unspecified atom stereocenters. The first-order valence-electron chi connectivity index (χ1n) is 9.31. The van der Waals surface area contributed by atoms with Crippen molar-refractivity contribution in [1.29, 1.82) is 0 Å². The van der Waals surface area contributed by atoms with E-state index < -0.39 is 0 Å². The first kappa shape index (κ1) is 19.6. The van der Waals surface area contributed by atoms with Crippen molar-refractivity contribution in [2.24, 2.45) is 0 Å². The summed E-state index contributed by atoms with van der Waals surface area (Å²) in [4.78, 5) is 16.6. The van der Waals surface area contributed by atoms with Gasteiger partial charge in [0.2, 0.25) is 5.91 Å². The predicted molar refractivity (Wildman–Crippen MR) is 108 cm³/mol. The average molecular weight is 356 g/mol. The van der Waals surface area contributed by atoms with Crippen molar-refractivity contribution in [2.45, 2.75) is 49.7 Å². The number of unbranched alkanes of at least 4 members (excludes halogenated alkanes) is 2. The van der Waals surface area contributed by atoms with Crippen LogP contribution in [0.4, 0.5) is 0 Å². The fraction of sp³-hybridized carbons (Fsp3) is 0.409. The van der Waals surface area contributed by atoms with Crippen LogP contribution in [0, 0.1) is 0 Å². The molecule has 0 spiro atoms. The Labute approximate surface area is 156 Å². The lowest BCUT2D eigenvalue weighted by molar-refractivity contribution is -0.130. The second-order valence-electron chi connectivity index (χ2n) is 6.25. The number of nitrogens with zero attached hydrogens (tertiary/aromatic N) is 1. The Morgan fingerprint density at radius 2 is 1.40 bits per heavy atom. The molecular weight excluding hydrogens is 326 g/mol. The first-order chi connectivity index (χ1) is 12.3. The number of benzene rings is 2. The standard InChI is InChI=1S/C22H29NOS/c1-3-5-17-23(18-6-4-2)22(24)21(19-13-9-7-10-14-19)25-20-15-11-8-12-16-20/h7-16,21H,3-6,17-18H2,1-2H3/t21-/m1/s1. The maximum atomic E-state index is 13.4. The molecule has 0 radical (unpaired) electrons. The summed E-state index contributed by atoms with van der Waals surface area (Å²) in [5.74, 6) is 0.238. The zero-order valence-corrected chi connectivity index (χ0v) is 16.2. The van der Waals surface area contributed by atoms with Gasteiger partial charge in [-0.1, -0.05) is 75.2 Å². The summed E-state index contributed by atoms with van der Waals surface area (Å²) >= 11 is 1.65. The molecule has 2 rings (SSSR count). The molecule has 0 bridgehead atoms. The molecule has 0 saturated heterocycles. The van der Waals surface area contributed by atoms with Crippen LogP contribution in [-0.4, -0.2) is 23.9 Å². The van der Waals surface area contributed by atoms with Crippen molar-refractivity contribution in [2.75, 3.05) is 13.1 Å². The first-order valence-corrected chi connectivity index (χ1v) is 10.2. The zero-order chi connectivity index (χ0) is 17.9. The summed E-state index contributed by atoms with van der Waals surface area (Å²) in [6.45, 7) is 6.06. The number of thioether (sulfide) groups is 1. The number of amides is 1. The van der Waals surface area contributed by atoms with Gasteiger partial charge in [-0.05, 0) is 30.5 Å². The third kappa shape index (κ3) is 6.24. The minimum Gasteiger partial charge on any atom is -0.341 e. The molecule has 0 aromatic heterocycles. The van der Waals surface area contributed by atoms with E-state index in [9.17, 15) is 4.79 Å². The second kappa shape index (κ2) is 11.0. The lowest BCUT2D eigenvalue weighted by Crippen LogP contribution is -2.35. The van der Waals surface area contributed by atoms with Gasteiger partial charge in [0.15, 0.2) is 0 Å². The summed E-state index contributed by atoms with van der Waals surface area (Å²) < 4.78 is 0. The van der Waals surface area contributed by atoms with E-state index in [-0.39, 0.29) is 11.2 Å². The van der Waals surface area contributed by atoms with Gasteiger partial charge in [0.05, 0.1) is 0 Å². The monoisotopic (exact) mass is 355 g/mol. The van der Waals surface area contributed by atoms with E-state index in [1.807, 2.05) is 36.4 Å². The highest BCUT2D eigenvalue weighted by Gasteiger charge is 2.26. The third-order valence-corrected chi connectivity index (χ3v) is 5.45. The number of hydrogen-bond acceptors (Lipinski definition) is 2. The van der Waals surface area contributed by atoms with Crippen LogP contribution < -0.4 is 0 Å². The molecule has 0 heterocycles. The van der Waals surface area contributed by atoms with Gasteiger partial charge in [0, 0.05) is 18.0 Å². The smallest absolute Gasteiger partial charge is 0.240 e. The number of rotatable bonds is 10. The number of carbonyl (C=O) groups is 1. The van der Waals surface area contributed by atoms with E-state index >= 15 is 0 Å².